The number of unbranched alkanes of at least 4 members (excludes halogenated alkanes) is 3. The smallest absolute Gasteiger partial charge is 0.0303 e. The topological polar surface area (TPSA) is 0 Å². The third-order valence-electron chi connectivity index (χ3n) is 3.77. The lowest BCUT2D eigenvalue weighted by Gasteiger charge is -2.31. The molecule has 0 saturated heterocycles. The van der Waals surface area contributed by atoms with E-state index >= 15 is 0 Å². The van der Waals surface area contributed by atoms with Gasteiger partial charge in [-0.25, -0.2) is 0 Å². The molecule has 0 aromatic carbocycles. The predicted octanol–water partition coefficient (Wildman–Crippen LogP) is 5.38. The van der Waals surface area contributed by atoms with Crippen molar-refractivity contribution < 1.29 is 0 Å². The molecule has 0 bridgehead atoms. The van der Waals surface area contributed by atoms with Crippen molar-refractivity contribution in [1.29, 1.82) is 0 Å². The molecule has 0 amide bonds. The van der Waals surface area contributed by atoms with Gasteiger partial charge in [0.25, 0.3) is 0 Å². The van der Waals surface area contributed by atoms with Crippen molar-refractivity contribution in [2.45, 2.75) is 78.6 Å². The summed E-state index contributed by atoms with van der Waals surface area (Å²) < 4.78 is 0. The number of hydrogen-bond donors (Lipinski definition) is 0. The highest BCUT2D eigenvalue weighted by Crippen LogP contribution is 2.37. The summed E-state index contributed by atoms with van der Waals surface area (Å²) in [5, 5.41) is 0. The van der Waals surface area contributed by atoms with Crippen molar-refractivity contribution >= 4 is 0 Å². The van der Waals surface area contributed by atoms with E-state index in [-0.39, 0.29) is 0 Å². The zero-order valence-corrected chi connectivity index (χ0v) is 10.6. The van der Waals surface area contributed by atoms with Gasteiger partial charge in [0.1, 0.15) is 0 Å². The Hall–Kier alpha value is 0. The first kappa shape index (κ1) is 14.0. The zero-order valence-electron chi connectivity index (χ0n) is 10.6. The molecule has 0 saturated carbocycles. The van der Waals surface area contributed by atoms with E-state index in [9.17, 15) is 0 Å². The summed E-state index contributed by atoms with van der Waals surface area (Å²) in [7, 11) is 0. The molecule has 0 aliphatic rings. The van der Waals surface area contributed by atoms with Crippen molar-refractivity contribution in [2.75, 3.05) is 0 Å². The highest BCUT2D eigenvalue weighted by Gasteiger charge is 2.23. The van der Waals surface area contributed by atoms with E-state index in [1.807, 2.05) is 0 Å². The van der Waals surface area contributed by atoms with E-state index in [1.54, 1.807) is 0 Å². The van der Waals surface area contributed by atoms with Gasteiger partial charge in [-0.15, -0.1) is 0 Å². The van der Waals surface area contributed by atoms with Gasteiger partial charge in [-0.3, -0.25) is 0 Å². The van der Waals surface area contributed by atoms with Crippen LogP contribution in [0.25, 0.3) is 0 Å². The lowest BCUT2D eigenvalue weighted by Crippen LogP contribution is -2.18. The molecule has 85 valence electrons. The first-order chi connectivity index (χ1) is 6.74. The molecule has 0 aliphatic heterocycles. The fraction of sp³-hybridized carbons (Fsp3) is 0.929. The normalized spacial score (nSPS) is 12.0. The van der Waals surface area contributed by atoms with Crippen LogP contribution in [0.5, 0.6) is 0 Å². The maximum Gasteiger partial charge on any atom is -0.0303 e. The second-order valence-electron chi connectivity index (χ2n) is 4.62. The largest absolute Gasteiger partial charge is 0.0654 e. The molecule has 0 atom stereocenters. The van der Waals surface area contributed by atoms with Crippen LogP contribution >= 0.6 is 0 Å². The first-order valence-corrected chi connectivity index (χ1v) is 6.54. The van der Waals surface area contributed by atoms with E-state index in [2.05, 4.69) is 27.7 Å². The van der Waals surface area contributed by atoms with E-state index in [1.165, 1.54) is 51.4 Å². The number of hydrogen-bond acceptors (Lipinski definition) is 0. The SMILES string of the molecule is [CH2]CCC(CC)(CC)CCCCCC. The van der Waals surface area contributed by atoms with Crippen LogP contribution in [-0.2, 0) is 0 Å². The lowest BCUT2D eigenvalue weighted by atomic mass is 9.74. The van der Waals surface area contributed by atoms with Gasteiger partial charge in [-0.1, -0.05) is 72.6 Å². The van der Waals surface area contributed by atoms with Gasteiger partial charge in [-0.05, 0) is 18.3 Å². The summed E-state index contributed by atoms with van der Waals surface area (Å²) in [5.41, 5.74) is 0.621. The van der Waals surface area contributed by atoms with Crippen LogP contribution in [0.3, 0.4) is 0 Å². The van der Waals surface area contributed by atoms with Crippen LogP contribution in [0, 0.1) is 12.3 Å². The summed E-state index contributed by atoms with van der Waals surface area (Å²) in [6.07, 6.45) is 12.1. The Labute approximate surface area is 91.5 Å². The summed E-state index contributed by atoms with van der Waals surface area (Å²) in [6.45, 7) is 11.0. The molecule has 0 fully saturated rings. The third kappa shape index (κ3) is 5.02. The van der Waals surface area contributed by atoms with Gasteiger partial charge in [0, 0.05) is 0 Å². The Morgan fingerprint density at radius 3 is 1.93 bits per heavy atom. The van der Waals surface area contributed by atoms with Gasteiger partial charge in [-0.2, -0.15) is 0 Å². The molecule has 0 unspecified atom stereocenters. The Balaban J connectivity index is 3.82. The van der Waals surface area contributed by atoms with Crippen LogP contribution in [-0.4, -0.2) is 0 Å². The predicted molar refractivity (Wildman–Crippen MR) is 66.4 cm³/mol. The van der Waals surface area contributed by atoms with Crippen molar-refractivity contribution in [3.05, 3.63) is 6.92 Å². The zero-order chi connectivity index (χ0) is 10.9. The Bertz CT molecular complexity index is 111. The van der Waals surface area contributed by atoms with Crippen LogP contribution < -0.4 is 0 Å². The fourth-order valence-electron chi connectivity index (χ4n) is 2.38. The average molecular weight is 197 g/mol. The molecule has 14 heavy (non-hydrogen) atoms. The van der Waals surface area contributed by atoms with E-state index in [0.29, 0.717) is 5.41 Å². The number of rotatable bonds is 9. The third-order valence-corrected chi connectivity index (χ3v) is 3.77. The van der Waals surface area contributed by atoms with Gasteiger partial charge in [0.15, 0.2) is 0 Å². The Morgan fingerprint density at radius 1 is 0.857 bits per heavy atom. The molecular weight excluding hydrogens is 168 g/mol. The molecule has 0 aromatic rings. The van der Waals surface area contributed by atoms with Crippen LogP contribution in [0.15, 0.2) is 0 Å². The molecular formula is C14H29. The maximum absolute atomic E-state index is 4.01. The van der Waals surface area contributed by atoms with Crippen molar-refractivity contribution in [2.24, 2.45) is 5.41 Å². The fourth-order valence-corrected chi connectivity index (χ4v) is 2.38. The van der Waals surface area contributed by atoms with Gasteiger partial charge in [0.2, 0.25) is 0 Å². The van der Waals surface area contributed by atoms with Gasteiger partial charge in [0.05, 0.1) is 0 Å². The summed E-state index contributed by atoms with van der Waals surface area (Å²) >= 11 is 0. The molecule has 0 N–H and O–H groups in total. The van der Waals surface area contributed by atoms with E-state index in [4.69, 9.17) is 0 Å². The van der Waals surface area contributed by atoms with Crippen molar-refractivity contribution in [1.82, 2.24) is 0 Å². The molecule has 0 aromatic heterocycles. The summed E-state index contributed by atoms with van der Waals surface area (Å²) in [4.78, 5) is 0. The minimum Gasteiger partial charge on any atom is -0.0654 e. The minimum atomic E-state index is 0.621. The van der Waals surface area contributed by atoms with E-state index in [0.717, 1.165) is 6.42 Å². The highest BCUT2D eigenvalue weighted by atomic mass is 14.3. The molecule has 0 aliphatic carbocycles. The molecule has 0 spiro atoms. The molecule has 0 heterocycles. The van der Waals surface area contributed by atoms with Crippen LogP contribution in [0.2, 0.25) is 0 Å². The standard InChI is InChI=1S/C14H29/c1-5-9-10-11-13-14(7-3,8-4)12-6-2/h2,5-13H2,1,3-4H3. The Morgan fingerprint density at radius 2 is 1.50 bits per heavy atom. The monoisotopic (exact) mass is 197 g/mol. The maximum atomic E-state index is 4.01. The van der Waals surface area contributed by atoms with E-state index < -0.39 is 0 Å². The Kier molecular flexibility index (Phi) is 8.32. The summed E-state index contributed by atoms with van der Waals surface area (Å²) in [6, 6.07) is 0. The molecule has 0 rings (SSSR count). The molecule has 1 radical (unpaired) electrons. The lowest BCUT2D eigenvalue weighted by molar-refractivity contribution is 0.211. The molecule has 0 nitrogen and oxygen atoms in total. The molecule has 0 heteroatoms. The van der Waals surface area contributed by atoms with Crippen molar-refractivity contribution in [3.8, 4) is 0 Å². The second-order valence-corrected chi connectivity index (χ2v) is 4.62. The summed E-state index contributed by atoms with van der Waals surface area (Å²) in [5.74, 6) is 0. The minimum absolute atomic E-state index is 0.621. The van der Waals surface area contributed by atoms with Gasteiger partial charge >= 0.3 is 0 Å². The first-order valence-electron chi connectivity index (χ1n) is 6.54. The van der Waals surface area contributed by atoms with Crippen molar-refractivity contribution in [3.63, 3.8) is 0 Å². The average Bonchev–Trinajstić information content (AvgIpc) is 2.23. The highest BCUT2D eigenvalue weighted by molar-refractivity contribution is 4.76. The quantitative estimate of drug-likeness (QED) is 0.435. The van der Waals surface area contributed by atoms with Gasteiger partial charge < -0.3 is 0 Å². The van der Waals surface area contributed by atoms with Crippen LogP contribution in [0.1, 0.15) is 78.6 Å². The second kappa shape index (κ2) is 8.32. The van der Waals surface area contributed by atoms with Crippen LogP contribution in [0.4, 0.5) is 0 Å².